The first-order valence-corrected chi connectivity index (χ1v) is 9.35. The predicted molar refractivity (Wildman–Crippen MR) is 110 cm³/mol. The van der Waals surface area contributed by atoms with Crippen LogP contribution < -0.4 is 4.90 Å². The fraction of sp³-hybridized carbons (Fsp3) is 0.0833. The summed E-state index contributed by atoms with van der Waals surface area (Å²) in [7, 11) is 1.71. The molecule has 30 heavy (non-hydrogen) atoms. The van der Waals surface area contributed by atoms with Crippen LogP contribution in [0, 0.1) is 11.6 Å². The summed E-state index contributed by atoms with van der Waals surface area (Å²) < 4.78 is 27.2. The van der Waals surface area contributed by atoms with Crippen molar-refractivity contribution >= 4 is 23.1 Å². The van der Waals surface area contributed by atoms with Crippen LogP contribution in [-0.2, 0) is 16.1 Å². The SMILES string of the molecule is CN(Cc1ccccc1)C1=C(c2ccc(F)cc2)C(=O)N(c2cccc(F)c2)C1=O. The number of imide groups is 1. The number of hydrogen-bond donors (Lipinski definition) is 0. The molecular weight excluding hydrogens is 386 g/mol. The van der Waals surface area contributed by atoms with Crippen LogP contribution in [0.3, 0.4) is 0 Å². The lowest BCUT2D eigenvalue weighted by atomic mass is 10.0. The number of amides is 2. The van der Waals surface area contributed by atoms with Gasteiger partial charge < -0.3 is 4.90 Å². The predicted octanol–water partition coefficient (Wildman–Crippen LogP) is 4.38. The van der Waals surface area contributed by atoms with E-state index in [4.69, 9.17) is 0 Å². The lowest BCUT2D eigenvalue weighted by Gasteiger charge is -2.21. The van der Waals surface area contributed by atoms with Crippen LogP contribution in [0.2, 0.25) is 0 Å². The molecule has 3 aromatic carbocycles. The van der Waals surface area contributed by atoms with Crippen molar-refractivity contribution in [1.29, 1.82) is 0 Å². The van der Waals surface area contributed by atoms with Crippen LogP contribution in [-0.4, -0.2) is 23.8 Å². The maximum atomic E-state index is 13.8. The third kappa shape index (κ3) is 3.59. The maximum Gasteiger partial charge on any atom is 0.282 e. The van der Waals surface area contributed by atoms with E-state index in [-0.39, 0.29) is 17.0 Å². The highest BCUT2D eigenvalue weighted by Crippen LogP contribution is 2.35. The second kappa shape index (κ2) is 7.91. The van der Waals surface area contributed by atoms with Crippen LogP contribution in [0.4, 0.5) is 14.5 Å². The highest BCUT2D eigenvalue weighted by Gasteiger charge is 2.41. The Labute approximate surface area is 172 Å². The second-order valence-electron chi connectivity index (χ2n) is 7.00. The number of benzene rings is 3. The number of rotatable bonds is 5. The molecule has 0 N–H and O–H groups in total. The van der Waals surface area contributed by atoms with Crippen molar-refractivity contribution < 1.29 is 18.4 Å². The van der Waals surface area contributed by atoms with Gasteiger partial charge in [0, 0.05) is 13.6 Å². The smallest absolute Gasteiger partial charge is 0.282 e. The van der Waals surface area contributed by atoms with E-state index >= 15 is 0 Å². The first-order valence-electron chi connectivity index (χ1n) is 9.35. The minimum absolute atomic E-state index is 0.146. The third-order valence-electron chi connectivity index (χ3n) is 4.90. The van der Waals surface area contributed by atoms with Gasteiger partial charge in [-0.25, -0.2) is 13.7 Å². The Kier molecular flexibility index (Phi) is 5.14. The molecule has 1 heterocycles. The minimum atomic E-state index is -0.577. The maximum absolute atomic E-state index is 13.8. The van der Waals surface area contributed by atoms with Gasteiger partial charge in [-0.3, -0.25) is 9.59 Å². The molecule has 0 aliphatic carbocycles. The van der Waals surface area contributed by atoms with Gasteiger partial charge in [0.05, 0.1) is 11.3 Å². The molecule has 1 aliphatic rings. The zero-order chi connectivity index (χ0) is 21.3. The number of carbonyl (C=O) groups excluding carboxylic acids is 2. The lowest BCUT2D eigenvalue weighted by Crippen LogP contribution is -2.34. The number of anilines is 1. The Balaban J connectivity index is 1.80. The summed E-state index contributed by atoms with van der Waals surface area (Å²) in [6.07, 6.45) is 0. The molecule has 0 atom stereocenters. The molecule has 0 fully saturated rings. The number of halogens is 2. The summed E-state index contributed by atoms with van der Waals surface area (Å²) in [5.74, 6) is -2.13. The van der Waals surface area contributed by atoms with Crippen molar-refractivity contribution in [2.75, 3.05) is 11.9 Å². The van der Waals surface area contributed by atoms with Crippen molar-refractivity contribution in [2.24, 2.45) is 0 Å². The van der Waals surface area contributed by atoms with Crippen LogP contribution in [0.25, 0.3) is 5.57 Å². The summed E-state index contributed by atoms with van der Waals surface area (Å²) in [5, 5.41) is 0. The van der Waals surface area contributed by atoms with Gasteiger partial charge in [-0.05, 0) is 41.5 Å². The molecule has 0 radical (unpaired) electrons. The second-order valence-corrected chi connectivity index (χ2v) is 7.00. The standard InChI is InChI=1S/C24H18F2N2O2/c1-27(15-16-6-3-2-4-7-16)22-21(17-10-12-18(25)13-11-17)23(29)28(24(22)30)20-9-5-8-19(26)14-20/h2-14H,15H2,1H3. The van der Waals surface area contributed by atoms with Crippen molar-refractivity contribution in [1.82, 2.24) is 4.90 Å². The number of likely N-dealkylation sites (N-methyl/N-ethyl adjacent to an activating group) is 1. The average Bonchev–Trinajstić information content (AvgIpc) is 2.99. The highest BCUT2D eigenvalue weighted by atomic mass is 19.1. The number of hydrogen-bond acceptors (Lipinski definition) is 3. The van der Waals surface area contributed by atoms with Gasteiger partial charge in [-0.1, -0.05) is 48.5 Å². The molecule has 6 heteroatoms. The third-order valence-corrected chi connectivity index (χ3v) is 4.90. The Morgan fingerprint density at radius 3 is 2.17 bits per heavy atom. The van der Waals surface area contributed by atoms with Crippen molar-refractivity contribution in [3.8, 4) is 0 Å². The normalized spacial score (nSPS) is 13.9. The summed E-state index contributed by atoms with van der Waals surface area (Å²) >= 11 is 0. The molecule has 0 bridgehead atoms. The molecule has 0 spiro atoms. The molecule has 0 saturated carbocycles. The van der Waals surface area contributed by atoms with Crippen LogP contribution in [0.1, 0.15) is 11.1 Å². The van der Waals surface area contributed by atoms with E-state index < -0.39 is 23.4 Å². The first kappa shape index (κ1) is 19.5. The van der Waals surface area contributed by atoms with Gasteiger partial charge in [0.2, 0.25) is 0 Å². The molecule has 2 amide bonds. The fourth-order valence-electron chi connectivity index (χ4n) is 3.54. The van der Waals surface area contributed by atoms with E-state index in [2.05, 4.69) is 0 Å². The van der Waals surface area contributed by atoms with Gasteiger partial charge in [0.25, 0.3) is 11.8 Å². The molecule has 3 aromatic rings. The molecule has 0 unspecified atom stereocenters. The molecule has 4 rings (SSSR count). The van der Waals surface area contributed by atoms with Crippen LogP contribution >= 0.6 is 0 Å². The summed E-state index contributed by atoms with van der Waals surface area (Å²) in [5.41, 5.74) is 1.86. The zero-order valence-corrected chi connectivity index (χ0v) is 16.2. The highest BCUT2D eigenvalue weighted by molar-refractivity contribution is 6.45. The Morgan fingerprint density at radius 1 is 0.800 bits per heavy atom. The molecule has 150 valence electrons. The van der Waals surface area contributed by atoms with E-state index in [0.29, 0.717) is 12.1 Å². The van der Waals surface area contributed by atoms with E-state index in [9.17, 15) is 18.4 Å². The molecule has 0 saturated heterocycles. The monoisotopic (exact) mass is 404 g/mol. The van der Waals surface area contributed by atoms with E-state index in [1.54, 1.807) is 11.9 Å². The van der Waals surface area contributed by atoms with Crippen molar-refractivity contribution in [3.63, 3.8) is 0 Å². The van der Waals surface area contributed by atoms with Gasteiger partial charge in [0.15, 0.2) is 0 Å². The van der Waals surface area contributed by atoms with Gasteiger partial charge >= 0.3 is 0 Å². The zero-order valence-electron chi connectivity index (χ0n) is 16.2. The van der Waals surface area contributed by atoms with Crippen molar-refractivity contribution in [3.05, 3.63) is 107 Å². The Bertz CT molecular complexity index is 1140. The van der Waals surface area contributed by atoms with E-state index in [0.717, 1.165) is 16.5 Å². The first-order chi connectivity index (χ1) is 14.5. The molecular formula is C24H18F2N2O2. The summed E-state index contributed by atoms with van der Waals surface area (Å²) in [6.45, 7) is 0.386. The quantitative estimate of drug-likeness (QED) is 0.593. The van der Waals surface area contributed by atoms with E-state index in [1.807, 2.05) is 30.3 Å². The average molecular weight is 404 g/mol. The van der Waals surface area contributed by atoms with Crippen LogP contribution in [0.15, 0.2) is 84.6 Å². The molecule has 0 aromatic heterocycles. The van der Waals surface area contributed by atoms with Crippen molar-refractivity contribution in [2.45, 2.75) is 6.54 Å². The van der Waals surface area contributed by atoms with Gasteiger partial charge in [-0.2, -0.15) is 0 Å². The summed E-state index contributed by atoms with van der Waals surface area (Å²) in [4.78, 5) is 29.2. The van der Waals surface area contributed by atoms with Gasteiger partial charge in [-0.15, -0.1) is 0 Å². The Morgan fingerprint density at radius 2 is 1.50 bits per heavy atom. The van der Waals surface area contributed by atoms with Crippen LogP contribution in [0.5, 0.6) is 0 Å². The van der Waals surface area contributed by atoms with E-state index in [1.165, 1.54) is 42.5 Å². The van der Waals surface area contributed by atoms with Gasteiger partial charge in [0.1, 0.15) is 17.3 Å². The summed E-state index contributed by atoms with van der Waals surface area (Å²) in [6, 6.07) is 20.2. The number of nitrogens with zero attached hydrogens (tertiary/aromatic N) is 2. The lowest BCUT2D eigenvalue weighted by molar-refractivity contribution is -0.120. The largest absolute Gasteiger partial charge is 0.365 e. The molecule has 1 aliphatic heterocycles. The Hall–Kier alpha value is -3.80. The molecule has 4 nitrogen and oxygen atoms in total. The topological polar surface area (TPSA) is 40.6 Å². The fourth-order valence-corrected chi connectivity index (χ4v) is 3.54. The minimum Gasteiger partial charge on any atom is -0.365 e. The number of carbonyl (C=O) groups is 2.